The first-order valence-electron chi connectivity index (χ1n) is 9.27. The maximum Gasteiger partial charge on any atom is 0.254 e. The molecule has 5 heteroatoms. The number of aromatic nitrogens is 2. The summed E-state index contributed by atoms with van der Waals surface area (Å²) in [6.45, 7) is 0.801. The topological polar surface area (TPSA) is 69.2 Å². The Morgan fingerprint density at radius 2 is 2.15 bits per heavy atom. The third kappa shape index (κ3) is 2.30. The Labute approximate surface area is 151 Å². The average Bonchev–Trinajstić information content (AvgIpc) is 3.15. The molecule has 2 heterocycles. The second kappa shape index (κ2) is 5.87. The first-order chi connectivity index (χ1) is 12.7. The zero-order chi connectivity index (χ0) is 17.7. The van der Waals surface area contributed by atoms with Crippen LogP contribution in [0.3, 0.4) is 0 Å². The fourth-order valence-electron chi connectivity index (χ4n) is 4.77. The molecule has 3 aromatic rings. The molecule has 0 saturated carbocycles. The molecular formula is C21H21N3O2. The van der Waals surface area contributed by atoms with Crippen LogP contribution in [0.25, 0.3) is 11.0 Å². The summed E-state index contributed by atoms with van der Waals surface area (Å²) in [5.41, 5.74) is 4.78. The molecule has 0 radical (unpaired) electrons. The molecule has 1 aromatic heterocycles. The fourth-order valence-corrected chi connectivity index (χ4v) is 4.77. The van der Waals surface area contributed by atoms with E-state index in [1.165, 1.54) is 5.56 Å². The predicted molar refractivity (Wildman–Crippen MR) is 99.3 cm³/mol. The lowest BCUT2D eigenvalue weighted by molar-refractivity contribution is 0.0546. The molecule has 2 aliphatic rings. The zero-order valence-corrected chi connectivity index (χ0v) is 14.5. The second-order valence-corrected chi connectivity index (χ2v) is 7.33. The van der Waals surface area contributed by atoms with Crippen molar-refractivity contribution in [2.24, 2.45) is 0 Å². The number of rotatable bonds is 1. The lowest BCUT2D eigenvalue weighted by atomic mass is 9.74. The smallest absolute Gasteiger partial charge is 0.254 e. The third-order valence-corrected chi connectivity index (χ3v) is 5.98. The lowest BCUT2D eigenvalue weighted by Gasteiger charge is -2.45. The van der Waals surface area contributed by atoms with Gasteiger partial charge in [-0.25, -0.2) is 4.98 Å². The van der Waals surface area contributed by atoms with Crippen molar-refractivity contribution in [3.05, 3.63) is 59.4 Å². The summed E-state index contributed by atoms with van der Waals surface area (Å²) in [7, 11) is 0. The Hall–Kier alpha value is -2.82. The van der Waals surface area contributed by atoms with Crippen LogP contribution in [0.2, 0.25) is 0 Å². The number of likely N-dealkylation sites (tertiary alicyclic amines) is 1. The van der Waals surface area contributed by atoms with E-state index in [0.717, 1.165) is 48.8 Å². The van der Waals surface area contributed by atoms with E-state index in [-0.39, 0.29) is 11.9 Å². The van der Waals surface area contributed by atoms with E-state index >= 15 is 0 Å². The number of benzene rings is 2. The first-order valence-corrected chi connectivity index (χ1v) is 9.27. The Morgan fingerprint density at radius 3 is 3.08 bits per heavy atom. The number of imidazole rings is 1. The van der Waals surface area contributed by atoms with E-state index in [0.29, 0.717) is 17.2 Å². The van der Waals surface area contributed by atoms with Gasteiger partial charge in [-0.05, 0) is 61.1 Å². The number of aromatic hydroxyl groups is 1. The molecule has 2 atom stereocenters. The number of carbonyl (C=O) groups excluding carboxylic acids is 1. The summed E-state index contributed by atoms with van der Waals surface area (Å²) in [6, 6.07) is 11.7. The maximum absolute atomic E-state index is 13.2. The Kier molecular flexibility index (Phi) is 3.48. The molecule has 0 bridgehead atoms. The molecule has 26 heavy (non-hydrogen) atoms. The van der Waals surface area contributed by atoms with Gasteiger partial charge in [0.1, 0.15) is 5.75 Å². The van der Waals surface area contributed by atoms with Crippen LogP contribution < -0.4 is 0 Å². The van der Waals surface area contributed by atoms with E-state index < -0.39 is 0 Å². The van der Waals surface area contributed by atoms with Crippen molar-refractivity contribution in [2.75, 3.05) is 6.54 Å². The Bertz CT molecular complexity index is 994. The van der Waals surface area contributed by atoms with Gasteiger partial charge in [-0.2, -0.15) is 0 Å². The number of nitrogens with zero attached hydrogens (tertiary/aromatic N) is 2. The predicted octanol–water partition coefficient (Wildman–Crippen LogP) is 3.60. The zero-order valence-electron chi connectivity index (χ0n) is 14.5. The van der Waals surface area contributed by atoms with Gasteiger partial charge in [0.2, 0.25) is 0 Å². The van der Waals surface area contributed by atoms with Gasteiger partial charge < -0.3 is 15.0 Å². The molecular weight excluding hydrogens is 326 g/mol. The Balaban J connectivity index is 1.49. The molecule has 5 rings (SSSR count). The minimum atomic E-state index is 0.0970. The molecule has 1 amide bonds. The molecule has 2 N–H and O–H groups in total. The van der Waals surface area contributed by atoms with E-state index in [4.69, 9.17) is 0 Å². The number of phenolic OH excluding ortho intramolecular Hbond substituents is 1. The van der Waals surface area contributed by atoms with E-state index in [1.54, 1.807) is 12.4 Å². The highest BCUT2D eigenvalue weighted by Crippen LogP contribution is 2.43. The van der Waals surface area contributed by atoms with Crippen molar-refractivity contribution in [1.29, 1.82) is 0 Å². The van der Waals surface area contributed by atoms with E-state index in [1.807, 2.05) is 24.3 Å². The maximum atomic E-state index is 13.2. The molecule has 1 unspecified atom stereocenters. The summed E-state index contributed by atoms with van der Waals surface area (Å²) in [5, 5.41) is 10.2. The molecule has 1 fully saturated rings. The molecule has 1 aliphatic carbocycles. The second-order valence-electron chi connectivity index (χ2n) is 7.33. The van der Waals surface area contributed by atoms with Gasteiger partial charge >= 0.3 is 0 Å². The van der Waals surface area contributed by atoms with Gasteiger partial charge in [0.15, 0.2) is 0 Å². The average molecular weight is 347 g/mol. The SMILES string of the molecule is O=C(c1ccc2nc[nH]c2c1)N1CCC[C@@H]2c3cccc(O)c3CCC21. The van der Waals surface area contributed by atoms with Crippen LogP contribution in [0.1, 0.15) is 46.7 Å². The van der Waals surface area contributed by atoms with Crippen LogP contribution >= 0.6 is 0 Å². The fraction of sp³-hybridized carbons (Fsp3) is 0.333. The normalized spacial score (nSPS) is 22.1. The molecule has 1 aliphatic heterocycles. The largest absolute Gasteiger partial charge is 0.508 e. The number of fused-ring (bicyclic) bond motifs is 4. The van der Waals surface area contributed by atoms with Gasteiger partial charge in [-0.3, -0.25) is 4.79 Å². The number of hydrogen-bond donors (Lipinski definition) is 2. The lowest BCUT2D eigenvalue weighted by Crippen LogP contribution is -2.49. The van der Waals surface area contributed by atoms with E-state index in [2.05, 4.69) is 20.9 Å². The van der Waals surface area contributed by atoms with Crippen LogP contribution in [0.15, 0.2) is 42.7 Å². The van der Waals surface area contributed by atoms with Crippen molar-refractivity contribution in [3.63, 3.8) is 0 Å². The number of hydrogen-bond acceptors (Lipinski definition) is 3. The van der Waals surface area contributed by atoms with Crippen LogP contribution in [-0.2, 0) is 6.42 Å². The van der Waals surface area contributed by atoms with Crippen molar-refractivity contribution < 1.29 is 9.90 Å². The number of phenols is 1. The minimum Gasteiger partial charge on any atom is -0.508 e. The van der Waals surface area contributed by atoms with Crippen molar-refractivity contribution in [2.45, 2.75) is 37.6 Å². The van der Waals surface area contributed by atoms with Crippen molar-refractivity contribution in [1.82, 2.24) is 14.9 Å². The summed E-state index contributed by atoms with van der Waals surface area (Å²) in [5.74, 6) is 0.813. The van der Waals surface area contributed by atoms with Crippen molar-refractivity contribution >= 4 is 16.9 Å². The molecule has 132 valence electrons. The molecule has 0 spiro atoms. The third-order valence-electron chi connectivity index (χ3n) is 5.98. The molecule has 5 nitrogen and oxygen atoms in total. The van der Waals surface area contributed by atoms with Gasteiger partial charge in [0.05, 0.1) is 17.4 Å². The Morgan fingerprint density at radius 1 is 1.23 bits per heavy atom. The van der Waals surface area contributed by atoms with Gasteiger partial charge in [-0.1, -0.05) is 12.1 Å². The highest BCUT2D eigenvalue weighted by Gasteiger charge is 2.39. The van der Waals surface area contributed by atoms with Gasteiger partial charge in [-0.15, -0.1) is 0 Å². The van der Waals surface area contributed by atoms with Crippen molar-refractivity contribution in [3.8, 4) is 5.75 Å². The number of amides is 1. The molecule has 2 aromatic carbocycles. The quantitative estimate of drug-likeness (QED) is 0.707. The van der Waals surface area contributed by atoms with Crippen LogP contribution in [0.5, 0.6) is 5.75 Å². The summed E-state index contributed by atoms with van der Waals surface area (Å²) in [6.07, 6.45) is 5.46. The number of carbonyl (C=O) groups is 1. The summed E-state index contributed by atoms with van der Waals surface area (Å²) >= 11 is 0. The number of aromatic amines is 1. The summed E-state index contributed by atoms with van der Waals surface area (Å²) in [4.78, 5) is 22.6. The van der Waals surface area contributed by atoms with Crippen LogP contribution in [-0.4, -0.2) is 38.5 Å². The monoisotopic (exact) mass is 347 g/mol. The summed E-state index contributed by atoms with van der Waals surface area (Å²) < 4.78 is 0. The van der Waals surface area contributed by atoms with Crippen LogP contribution in [0, 0.1) is 0 Å². The highest BCUT2D eigenvalue weighted by molar-refractivity contribution is 5.97. The van der Waals surface area contributed by atoms with Gasteiger partial charge in [0.25, 0.3) is 5.91 Å². The number of nitrogens with one attached hydrogen (secondary N) is 1. The van der Waals surface area contributed by atoms with E-state index in [9.17, 15) is 9.90 Å². The van der Waals surface area contributed by atoms with Crippen LogP contribution in [0.4, 0.5) is 0 Å². The van der Waals surface area contributed by atoms with Gasteiger partial charge in [0, 0.05) is 24.1 Å². The number of piperidine rings is 1. The molecule has 1 saturated heterocycles. The minimum absolute atomic E-state index is 0.0970. The first kappa shape index (κ1) is 15.4. The number of H-pyrrole nitrogens is 1. The highest BCUT2D eigenvalue weighted by atomic mass is 16.3. The standard InChI is InChI=1S/C21H21N3O2/c25-20-5-1-3-14-15-4-2-10-24(19(15)9-7-16(14)20)21(26)13-6-8-17-18(11-13)23-12-22-17/h1,3,5-6,8,11-12,15,19,25H,2,4,7,9-10H2,(H,22,23)/t15-,19?/m1/s1.